The first-order valence-electron chi connectivity index (χ1n) is 10.6. The van der Waals surface area contributed by atoms with E-state index in [0.29, 0.717) is 18.6 Å². The van der Waals surface area contributed by atoms with Gasteiger partial charge in [0.05, 0.1) is 12.1 Å². The first kappa shape index (κ1) is 20.6. The summed E-state index contributed by atoms with van der Waals surface area (Å²) in [4.78, 5) is 25.5. The molecule has 5 rings (SSSR count). The van der Waals surface area contributed by atoms with Crippen LogP contribution < -0.4 is 5.56 Å². The van der Waals surface area contributed by atoms with Crippen LogP contribution in [0, 0.1) is 0 Å². The van der Waals surface area contributed by atoms with E-state index in [2.05, 4.69) is 42.5 Å². The number of nitrogens with zero attached hydrogens (tertiary/aromatic N) is 1. The van der Waals surface area contributed by atoms with E-state index >= 15 is 0 Å². The summed E-state index contributed by atoms with van der Waals surface area (Å²) >= 11 is 1.57. The second-order valence-corrected chi connectivity index (χ2v) is 9.00. The molecule has 1 aliphatic rings. The number of fused-ring (bicyclic) bond motifs is 2. The summed E-state index contributed by atoms with van der Waals surface area (Å²) in [6, 6.07) is 26.0. The maximum absolute atomic E-state index is 13.2. The van der Waals surface area contributed by atoms with Crippen LogP contribution in [0.4, 0.5) is 0 Å². The summed E-state index contributed by atoms with van der Waals surface area (Å²) in [6.45, 7) is 0. The van der Waals surface area contributed by atoms with Crippen molar-refractivity contribution in [2.45, 2.75) is 23.9 Å². The number of ether oxygens (including phenoxy) is 1. The van der Waals surface area contributed by atoms with Gasteiger partial charge in [-0.3, -0.25) is 9.36 Å². The molecule has 0 saturated heterocycles. The molecule has 32 heavy (non-hydrogen) atoms. The predicted octanol–water partition coefficient (Wildman–Crippen LogP) is 5.00. The molecule has 0 bridgehead atoms. The lowest BCUT2D eigenvalue weighted by Crippen LogP contribution is -2.30. The lowest BCUT2D eigenvalue weighted by atomic mass is 9.94. The number of benzene rings is 3. The van der Waals surface area contributed by atoms with Gasteiger partial charge in [0.25, 0.3) is 5.56 Å². The Hall–Kier alpha value is -3.31. The van der Waals surface area contributed by atoms with Crippen LogP contribution in [0.15, 0.2) is 88.7 Å². The molecule has 0 unspecified atom stereocenters. The zero-order valence-corrected chi connectivity index (χ0v) is 18.6. The SMILES string of the molecule is COC(=O)[C@@H]1CSc2c(Cc3ccccc3)c(Cc3cccc4ccccc34)cc(=O)n21. The third kappa shape index (κ3) is 3.73. The molecule has 0 saturated carbocycles. The lowest BCUT2D eigenvalue weighted by molar-refractivity contribution is -0.143. The molecule has 4 aromatic rings. The molecular weight excluding hydrogens is 418 g/mol. The number of rotatable bonds is 5. The van der Waals surface area contributed by atoms with Crippen molar-refractivity contribution in [3.05, 3.63) is 111 Å². The zero-order valence-electron chi connectivity index (χ0n) is 17.8. The van der Waals surface area contributed by atoms with Gasteiger partial charge in [-0.1, -0.05) is 72.8 Å². The van der Waals surface area contributed by atoms with Gasteiger partial charge in [-0.05, 0) is 39.4 Å². The summed E-state index contributed by atoms with van der Waals surface area (Å²) in [7, 11) is 1.37. The summed E-state index contributed by atoms with van der Waals surface area (Å²) in [6.07, 6.45) is 1.37. The van der Waals surface area contributed by atoms with Gasteiger partial charge in [0, 0.05) is 18.2 Å². The highest BCUT2D eigenvalue weighted by atomic mass is 32.2. The van der Waals surface area contributed by atoms with Crippen LogP contribution in [0.2, 0.25) is 0 Å². The summed E-state index contributed by atoms with van der Waals surface area (Å²) in [5.41, 5.74) is 4.34. The molecule has 4 nitrogen and oxygen atoms in total. The van der Waals surface area contributed by atoms with Crippen molar-refractivity contribution in [1.29, 1.82) is 0 Å². The van der Waals surface area contributed by atoms with E-state index in [1.165, 1.54) is 29.0 Å². The van der Waals surface area contributed by atoms with Crippen molar-refractivity contribution >= 4 is 28.5 Å². The number of pyridine rings is 1. The van der Waals surface area contributed by atoms with Gasteiger partial charge >= 0.3 is 5.97 Å². The molecule has 3 aromatic carbocycles. The number of thioether (sulfide) groups is 1. The van der Waals surface area contributed by atoms with Crippen molar-refractivity contribution < 1.29 is 9.53 Å². The topological polar surface area (TPSA) is 48.3 Å². The summed E-state index contributed by atoms with van der Waals surface area (Å²) in [5.74, 6) is 0.146. The molecule has 160 valence electrons. The third-order valence-corrected chi connectivity index (χ3v) is 7.25. The van der Waals surface area contributed by atoms with Crippen LogP contribution in [-0.2, 0) is 22.4 Å². The Bertz CT molecular complexity index is 1360. The first-order chi connectivity index (χ1) is 15.7. The van der Waals surface area contributed by atoms with E-state index in [-0.39, 0.29) is 11.5 Å². The second-order valence-electron chi connectivity index (χ2n) is 7.99. The van der Waals surface area contributed by atoms with Gasteiger partial charge in [-0.25, -0.2) is 4.79 Å². The van der Waals surface area contributed by atoms with Crippen LogP contribution >= 0.6 is 11.8 Å². The molecule has 1 aliphatic heterocycles. The predicted molar refractivity (Wildman–Crippen MR) is 128 cm³/mol. The van der Waals surface area contributed by atoms with Crippen LogP contribution in [-0.4, -0.2) is 23.4 Å². The fourth-order valence-corrected chi connectivity index (χ4v) is 5.82. The highest BCUT2D eigenvalue weighted by molar-refractivity contribution is 7.99. The van der Waals surface area contributed by atoms with E-state index < -0.39 is 6.04 Å². The van der Waals surface area contributed by atoms with Gasteiger partial charge in [-0.2, -0.15) is 0 Å². The Labute approximate surface area is 190 Å². The fourth-order valence-electron chi connectivity index (χ4n) is 4.48. The number of carbonyl (C=O) groups excluding carboxylic acids is 1. The molecule has 0 radical (unpaired) electrons. The minimum Gasteiger partial charge on any atom is -0.467 e. The number of hydrogen-bond donors (Lipinski definition) is 0. The smallest absolute Gasteiger partial charge is 0.329 e. The average molecular weight is 442 g/mol. The Kier molecular flexibility index (Phi) is 5.58. The Morgan fingerprint density at radius 3 is 2.53 bits per heavy atom. The molecule has 0 N–H and O–H groups in total. The van der Waals surface area contributed by atoms with Crippen LogP contribution in [0.3, 0.4) is 0 Å². The van der Waals surface area contributed by atoms with E-state index in [1.54, 1.807) is 22.4 Å². The van der Waals surface area contributed by atoms with Crippen LogP contribution in [0.25, 0.3) is 10.8 Å². The lowest BCUT2D eigenvalue weighted by Gasteiger charge is -2.18. The van der Waals surface area contributed by atoms with E-state index in [1.807, 2.05) is 30.3 Å². The summed E-state index contributed by atoms with van der Waals surface area (Å²) in [5, 5.41) is 3.26. The van der Waals surface area contributed by atoms with Gasteiger partial charge in [0.15, 0.2) is 0 Å². The molecule has 0 amide bonds. The molecule has 0 spiro atoms. The maximum Gasteiger partial charge on any atom is 0.329 e. The van der Waals surface area contributed by atoms with Gasteiger partial charge in [0.1, 0.15) is 6.04 Å². The molecule has 1 aromatic heterocycles. The van der Waals surface area contributed by atoms with Crippen molar-refractivity contribution in [1.82, 2.24) is 4.57 Å². The highest BCUT2D eigenvalue weighted by Crippen LogP contribution is 2.38. The van der Waals surface area contributed by atoms with E-state index in [4.69, 9.17) is 4.74 Å². The quantitative estimate of drug-likeness (QED) is 0.409. The number of esters is 1. The second kappa shape index (κ2) is 8.67. The standard InChI is InChI=1S/C27H23NO3S/c1-31-27(30)24-17-32-26-23(14-18-8-3-2-4-9-18)21(16-25(29)28(24)26)15-20-12-7-11-19-10-5-6-13-22(19)20/h2-13,16,24H,14-15,17H2,1H3/t24-/m0/s1. The monoisotopic (exact) mass is 441 g/mol. The average Bonchev–Trinajstić information content (AvgIpc) is 3.28. The Balaban J connectivity index is 1.66. The number of hydrogen-bond acceptors (Lipinski definition) is 4. The number of methoxy groups -OCH3 is 1. The van der Waals surface area contributed by atoms with Crippen molar-refractivity contribution in [2.75, 3.05) is 12.9 Å². The van der Waals surface area contributed by atoms with Gasteiger partial charge in [0.2, 0.25) is 0 Å². The highest BCUT2D eigenvalue weighted by Gasteiger charge is 2.33. The van der Waals surface area contributed by atoms with Gasteiger partial charge in [-0.15, -0.1) is 11.8 Å². The number of carbonyl (C=O) groups is 1. The molecule has 1 atom stereocenters. The summed E-state index contributed by atoms with van der Waals surface area (Å²) < 4.78 is 6.59. The molecule has 5 heteroatoms. The minimum atomic E-state index is -0.575. The van der Waals surface area contributed by atoms with Crippen molar-refractivity contribution in [3.8, 4) is 0 Å². The molecule has 0 aliphatic carbocycles. The Morgan fingerprint density at radius 1 is 0.969 bits per heavy atom. The van der Waals surface area contributed by atoms with Crippen LogP contribution in [0.1, 0.15) is 28.3 Å². The minimum absolute atomic E-state index is 0.146. The van der Waals surface area contributed by atoms with E-state index in [9.17, 15) is 9.59 Å². The first-order valence-corrected chi connectivity index (χ1v) is 11.6. The largest absolute Gasteiger partial charge is 0.467 e. The van der Waals surface area contributed by atoms with Gasteiger partial charge < -0.3 is 4.74 Å². The van der Waals surface area contributed by atoms with Crippen molar-refractivity contribution in [2.24, 2.45) is 0 Å². The molecule has 2 heterocycles. The maximum atomic E-state index is 13.2. The third-order valence-electron chi connectivity index (χ3n) is 6.05. The zero-order chi connectivity index (χ0) is 22.1. The van der Waals surface area contributed by atoms with Crippen molar-refractivity contribution in [3.63, 3.8) is 0 Å². The Morgan fingerprint density at radius 2 is 1.72 bits per heavy atom. The fraction of sp³-hybridized carbons (Fsp3) is 0.185. The van der Waals surface area contributed by atoms with E-state index in [0.717, 1.165) is 16.2 Å². The molecule has 0 fully saturated rings. The van der Waals surface area contributed by atoms with Crippen LogP contribution in [0.5, 0.6) is 0 Å². The number of aromatic nitrogens is 1. The normalized spacial score (nSPS) is 15.0. The molecular formula is C27H23NO3S.